The van der Waals surface area contributed by atoms with E-state index in [2.05, 4.69) is 64.5 Å². The Morgan fingerprint density at radius 3 is 2.52 bits per heavy atom. The number of fused-ring (bicyclic) bond motifs is 2. The molecule has 2 saturated heterocycles. The molecule has 1 spiro atoms. The fourth-order valence-electron chi connectivity index (χ4n) is 8.53. The lowest BCUT2D eigenvalue weighted by molar-refractivity contribution is -0.146. The van der Waals surface area contributed by atoms with Crippen molar-refractivity contribution in [2.45, 2.75) is 76.0 Å². The summed E-state index contributed by atoms with van der Waals surface area (Å²) in [6, 6.07) is 22.5. The van der Waals surface area contributed by atoms with E-state index in [0.29, 0.717) is 32.4 Å². The topological polar surface area (TPSA) is 110 Å². The first kappa shape index (κ1) is 34.6. The minimum atomic E-state index is -2.31. The van der Waals surface area contributed by atoms with Gasteiger partial charge in [0.05, 0.1) is 39.2 Å². The number of aliphatic hydroxyl groups excluding tert-OH is 1. The standard InChI is InChI=1S/C38H44BrN5O5Si/c1-25-36(50(3,4)31-14-12-30(48-2)13-15-31)34(17-20-42-24-28(18-21-45)40-41-42)49-38(25)32-22-27(39)9-16-33(32)44(37(38)47)23-26-7-10-29(11-8-26)43-19-5-6-35(43)46/h7-16,22,24-25,34,36,45H,5-6,17-21,23H2,1-4H3/t25-,34+,36-,38+/m0/s1. The highest BCUT2D eigenvalue weighted by Gasteiger charge is 2.66. The number of hydrogen-bond acceptors (Lipinski definition) is 7. The SMILES string of the molecule is COc1ccc([Si](C)(C)[C@@H]2[C@@H](CCn3cc(CCO)nn3)O[C@]3(C(=O)N(Cc4ccc(N5CCCC5=O)cc4)c4ccc(Br)cc43)[C@H]2C)cc1. The number of aliphatic hydroxyl groups is 1. The summed E-state index contributed by atoms with van der Waals surface area (Å²) < 4.78 is 15.5. The van der Waals surface area contributed by atoms with Crippen LogP contribution in [0.3, 0.4) is 0 Å². The normalized spacial score (nSPS) is 23.4. The Hall–Kier alpha value is -3.84. The molecule has 3 aliphatic heterocycles. The van der Waals surface area contributed by atoms with Crippen LogP contribution in [-0.2, 0) is 39.4 Å². The summed E-state index contributed by atoms with van der Waals surface area (Å²) in [6.45, 7) is 8.68. The van der Waals surface area contributed by atoms with Gasteiger partial charge in [-0.2, -0.15) is 0 Å². The van der Waals surface area contributed by atoms with Crippen LogP contribution in [-0.4, -0.2) is 66.4 Å². The molecular weight excluding hydrogens is 714 g/mol. The zero-order valence-electron chi connectivity index (χ0n) is 29.0. The molecule has 4 aromatic rings. The van der Waals surface area contributed by atoms with Crippen LogP contribution < -0.4 is 19.7 Å². The third-order valence-electron chi connectivity index (χ3n) is 11.1. The van der Waals surface area contributed by atoms with E-state index in [-0.39, 0.29) is 36.0 Å². The van der Waals surface area contributed by atoms with E-state index in [1.54, 1.807) is 7.11 Å². The lowest BCUT2D eigenvalue weighted by Crippen LogP contribution is -2.51. The molecule has 12 heteroatoms. The van der Waals surface area contributed by atoms with Crippen LogP contribution in [0.5, 0.6) is 5.75 Å². The minimum Gasteiger partial charge on any atom is -0.497 e. The zero-order chi connectivity index (χ0) is 35.2. The number of nitrogens with zero attached hydrogens (tertiary/aromatic N) is 5. The fourth-order valence-corrected chi connectivity index (χ4v) is 13.0. The van der Waals surface area contributed by atoms with Crippen molar-refractivity contribution in [2.24, 2.45) is 5.92 Å². The van der Waals surface area contributed by atoms with E-state index in [4.69, 9.17) is 9.47 Å². The number of amides is 2. The molecule has 0 radical (unpaired) electrons. The maximum absolute atomic E-state index is 15.1. The molecule has 0 unspecified atom stereocenters. The number of anilines is 2. The van der Waals surface area contributed by atoms with E-state index in [1.165, 1.54) is 5.19 Å². The number of carbonyl (C=O) groups excluding carboxylic acids is 2. The quantitative estimate of drug-likeness (QED) is 0.200. The average Bonchev–Trinajstić information content (AvgIpc) is 3.87. The average molecular weight is 759 g/mol. The number of methoxy groups -OCH3 is 1. The van der Waals surface area contributed by atoms with Crippen LogP contribution >= 0.6 is 15.9 Å². The molecule has 1 N–H and O–H groups in total. The van der Waals surface area contributed by atoms with Crippen molar-refractivity contribution in [3.8, 4) is 5.75 Å². The predicted octanol–water partition coefficient (Wildman–Crippen LogP) is 5.56. The van der Waals surface area contributed by atoms with Crippen molar-refractivity contribution in [3.05, 3.63) is 94.2 Å². The Bertz CT molecular complexity index is 1880. The van der Waals surface area contributed by atoms with Crippen LogP contribution in [0.2, 0.25) is 18.6 Å². The van der Waals surface area contributed by atoms with Crippen LogP contribution in [0.25, 0.3) is 0 Å². The van der Waals surface area contributed by atoms with E-state index in [9.17, 15) is 9.90 Å². The number of hydrogen-bond donors (Lipinski definition) is 1. The van der Waals surface area contributed by atoms with Gasteiger partial charge in [0, 0.05) is 60.4 Å². The molecule has 7 rings (SSSR count). The lowest BCUT2D eigenvalue weighted by atomic mass is 9.82. The summed E-state index contributed by atoms with van der Waals surface area (Å²) >= 11 is 3.71. The molecule has 0 aliphatic carbocycles. The number of aromatic nitrogens is 3. The number of ether oxygens (including phenoxy) is 2. The van der Waals surface area contributed by atoms with E-state index < -0.39 is 13.7 Å². The van der Waals surface area contributed by atoms with E-state index in [0.717, 1.165) is 51.4 Å². The molecule has 3 aromatic carbocycles. The highest BCUT2D eigenvalue weighted by atomic mass is 79.9. The molecule has 2 fully saturated rings. The molecule has 3 aliphatic rings. The molecule has 50 heavy (non-hydrogen) atoms. The largest absolute Gasteiger partial charge is 0.497 e. The Morgan fingerprint density at radius 1 is 1.08 bits per heavy atom. The summed E-state index contributed by atoms with van der Waals surface area (Å²) in [6.07, 6.45) is 4.21. The van der Waals surface area contributed by atoms with Crippen LogP contribution in [0.15, 0.2) is 77.4 Å². The third kappa shape index (κ3) is 5.99. The monoisotopic (exact) mass is 757 g/mol. The molecule has 0 saturated carbocycles. The number of halogens is 1. The highest BCUT2D eigenvalue weighted by Crippen LogP contribution is 2.60. The van der Waals surface area contributed by atoms with Gasteiger partial charge in [-0.1, -0.05) is 70.6 Å². The summed E-state index contributed by atoms with van der Waals surface area (Å²) in [5.41, 5.74) is 3.29. The first-order valence-electron chi connectivity index (χ1n) is 17.4. The van der Waals surface area contributed by atoms with E-state index in [1.807, 2.05) is 69.2 Å². The lowest BCUT2D eigenvalue weighted by Gasteiger charge is -2.37. The Morgan fingerprint density at radius 2 is 1.84 bits per heavy atom. The Kier molecular flexibility index (Phi) is 9.48. The first-order chi connectivity index (χ1) is 24.1. The van der Waals surface area contributed by atoms with Gasteiger partial charge in [-0.3, -0.25) is 14.3 Å². The van der Waals surface area contributed by atoms with Gasteiger partial charge in [-0.05, 0) is 66.4 Å². The minimum absolute atomic E-state index is 0.0179. The van der Waals surface area contributed by atoms with Gasteiger partial charge >= 0.3 is 0 Å². The maximum atomic E-state index is 15.1. The van der Waals surface area contributed by atoms with Gasteiger partial charge in [-0.25, -0.2) is 0 Å². The number of rotatable bonds is 11. The third-order valence-corrected chi connectivity index (χ3v) is 15.9. The molecule has 262 valence electrons. The summed E-state index contributed by atoms with van der Waals surface area (Å²) in [7, 11) is -0.630. The number of carbonyl (C=O) groups is 2. The van der Waals surface area contributed by atoms with Crippen molar-refractivity contribution in [1.82, 2.24) is 15.0 Å². The van der Waals surface area contributed by atoms with Crippen molar-refractivity contribution < 1.29 is 24.2 Å². The number of benzene rings is 3. The van der Waals surface area contributed by atoms with Crippen molar-refractivity contribution in [2.75, 3.05) is 30.1 Å². The Balaban J connectivity index is 1.25. The van der Waals surface area contributed by atoms with Gasteiger partial charge in [0.1, 0.15) is 5.75 Å². The molecule has 1 aromatic heterocycles. The second kappa shape index (κ2) is 13.7. The molecule has 4 atom stereocenters. The summed E-state index contributed by atoms with van der Waals surface area (Å²) in [5, 5.41) is 19.2. The first-order valence-corrected chi connectivity index (χ1v) is 21.3. The van der Waals surface area contributed by atoms with Crippen LogP contribution in [0.1, 0.15) is 43.0 Å². The maximum Gasteiger partial charge on any atom is 0.264 e. The number of aryl methyl sites for hydroxylation is 1. The molecular formula is C38H44BrN5O5Si. The summed E-state index contributed by atoms with van der Waals surface area (Å²) in [5.74, 6) is 0.787. The predicted molar refractivity (Wildman–Crippen MR) is 198 cm³/mol. The van der Waals surface area contributed by atoms with Crippen LogP contribution in [0, 0.1) is 5.92 Å². The van der Waals surface area contributed by atoms with Crippen LogP contribution in [0.4, 0.5) is 11.4 Å². The molecule has 2 amide bonds. The van der Waals surface area contributed by atoms with Gasteiger partial charge in [0.25, 0.3) is 5.91 Å². The van der Waals surface area contributed by atoms with Gasteiger partial charge in [0.2, 0.25) is 5.91 Å². The second-order valence-electron chi connectivity index (χ2n) is 14.3. The zero-order valence-corrected chi connectivity index (χ0v) is 31.6. The van der Waals surface area contributed by atoms with E-state index >= 15 is 4.79 Å². The van der Waals surface area contributed by atoms with Crippen molar-refractivity contribution >= 4 is 52.4 Å². The van der Waals surface area contributed by atoms with Crippen molar-refractivity contribution in [1.29, 1.82) is 0 Å². The van der Waals surface area contributed by atoms with Gasteiger partial charge < -0.3 is 24.4 Å². The molecule has 0 bridgehead atoms. The smallest absolute Gasteiger partial charge is 0.264 e. The fraction of sp³-hybridized carbons (Fsp3) is 0.421. The van der Waals surface area contributed by atoms with Gasteiger partial charge in [-0.15, -0.1) is 5.10 Å². The van der Waals surface area contributed by atoms with Crippen molar-refractivity contribution in [3.63, 3.8) is 0 Å². The second-order valence-corrected chi connectivity index (χ2v) is 19.9. The highest BCUT2D eigenvalue weighted by molar-refractivity contribution is 9.10. The molecule has 10 nitrogen and oxygen atoms in total. The Labute approximate surface area is 302 Å². The summed E-state index contributed by atoms with van der Waals surface area (Å²) in [4.78, 5) is 31.2. The molecule has 4 heterocycles. The van der Waals surface area contributed by atoms with Gasteiger partial charge in [0.15, 0.2) is 5.60 Å².